The van der Waals surface area contributed by atoms with E-state index in [4.69, 9.17) is 0 Å². The van der Waals surface area contributed by atoms with E-state index in [0.29, 0.717) is 40.1 Å². The fourth-order valence-electron chi connectivity index (χ4n) is 8.94. The summed E-state index contributed by atoms with van der Waals surface area (Å²) >= 11 is 0. The summed E-state index contributed by atoms with van der Waals surface area (Å²) in [5.41, 5.74) is 10.9. The average molecular weight is 847 g/mol. The van der Waals surface area contributed by atoms with Crippen molar-refractivity contribution in [1.82, 2.24) is 49.0 Å². The summed E-state index contributed by atoms with van der Waals surface area (Å²) < 4.78 is 4.33. The summed E-state index contributed by atoms with van der Waals surface area (Å²) in [5, 5.41) is 25.2. The highest BCUT2D eigenvalue weighted by Gasteiger charge is 2.24. The topological polar surface area (TPSA) is 161 Å². The van der Waals surface area contributed by atoms with E-state index in [2.05, 4.69) is 116 Å². The van der Waals surface area contributed by atoms with Crippen LogP contribution in [0.3, 0.4) is 0 Å². The van der Waals surface area contributed by atoms with Crippen molar-refractivity contribution in [3.63, 3.8) is 0 Å². The van der Waals surface area contributed by atoms with Crippen molar-refractivity contribution in [3.05, 3.63) is 194 Å². The third-order valence-electron chi connectivity index (χ3n) is 11.8. The van der Waals surface area contributed by atoms with Gasteiger partial charge >= 0.3 is 0 Å². The van der Waals surface area contributed by atoms with Gasteiger partial charge in [0.1, 0.15) is 6.07 Å². The zero-order chi connectivity index (χ0) is 44.1. The van der Waals surface area contributed by atoms with E-state index >= 15 is 0 Å². The van der Waals surface area contributed by atoms with E-state index < -0.39 is 0 Å². The second-order valence-electron chi connectivity index (χ2n) is 15.6. The molecule has 12 heteroatoms. The summed E-state index contributed by atoms with van der Waals surface area (Å²) in [5.74, 6) is 2.40. The van der Waals surface area contributed by atoms with E-state index in [-0.39, 0.29) is 0 Å². The summed E-state index contributed by atoms with van der Waals surface area (Å²) in [6.07, 6.45) is 13.9. The van der Waals surface area contributed by atoms with Gasteiger partial charge in [0.2, 0.25) is 0 Å². The highest BCUT2D eigenvalue weighted by atomic mass is 15.0. The molecule has 0 radical (unpaired) electrons. The molecule has 0 atom stereocenters. The van der Waals surface area contributed by atoms with E-state index in [1.54, 1.807) is 79.9 Å². The third kappa shape index (κ3) is 6.29. The number of hydrogen-bond donors (Lipinski definition) is 0. The minimum absolute atomic E-state index is 0.438. The number of hydrogen-bond acceptors (Lipinski definition) is 10. The Bertz CT molecular complexity index is 3750. The molecule has 66 heavy (non-hydrogen) atoms. The van der Waals surface area contributed by atoms with Gasteiger partial charge in [-0.2, -0.15) is 10.5 Å². The molecule has 0 amide bonds. The zero-order valence-electron chi connectivity index (χ0n) is 34.7. The van der Waals surface area contributed by atoms with Crippen LogP contribution in [0.1, 0.15) is 11.1 Å². The Morgan fingerprint density at radius 3 is 1.08 bits per heavy atom. The van der Waals surface area contributed by atoms with Crippen molar-refractivity contribution in [2.24, 2.45) is 0 Å². The van der Waals surface area contributed by atoms with Crippen molar-refractivity contribution < 1.29 is 0 Å². The Balaban J connectivity index is 1.16. The largest absolute Gasteiger partial charge is 0.309 e. The van der Waals surface area contributed by atoms with Gasteiger partial charge in [-0.05, 0) is 127 Å². The predicted octanol–water partition coefficient (Wildman–Crippen LogP) is 11.1. The van der Waals surface area contributed by atoms with Gasteiger partial charge in [-0.1, -0.05) is 12.1 Å². The molecule has 0 aliphatic carbocycles. The summed E-state index contributed by atoms with van der Waals surface area (Å²) in [7, 11) is 0. The Labute approximate surface area is 376 Å². The second kappa shape index (κ2) is 15.5. The third-order valence-corrected chi connectivity index (χ3v) is 11.8. The number of nitriles is 2. The molecule has 12 rings (SSSR count). The molecule has 12 nitrogen and oxygen atoms in total. The molecule has 6 aromatic carbocycles. The van der Waals surface area contributed by atoms with E-state index in [9.17, 15) is 10.5 Å². The van der Waals surface area contributed by atoms with Crippen LogP contribution >= 0.6 is 0 Å². The van der Waals surface area contributed by atoms with E-state index in [1.807, 2.05) is 48.5 Å². The molecular weight excluding hydrogens is 817 g/mol. The van der Waals surface area contributed by atoms with Gasteiger partial charge in [-0.3, -0.25) is 0 Å². The lowest BCUT2D eigenvalue weighted by atomic mass is 9.98. The van der Waals surface area contributed by atoms with E-state index in [0.717, 1.165) is 82.7 Å². The first-order chi connectivity index (χ1) is 32.6. The Morgan fingerprint density at radius 2 is 0.712 bits per heavy atom. The maximum absolute atomic E-state index is 11.3. The van der Waals surface area contributed by atoms with Crippen molar-refractivity contribution in [1.29, 1.82) is 10.5 Å². The first-order valence-electron chi connectivity index (χ1n) is 21.0. The Kier molecular flexibility index (Phi) is 8.93. The quantitative estimate of drug-likeness (QED) is 0.151. The SMILES string of the molecule is N#Cc1cccc(-c2cc(-n3c4ccc(-c5ncccn5)cc4c4cc(-c5ncccn5)ccc43)c(C#N)cc2-n2c3ccc(-c4ncccn4)cc3c3cc(-c4ncccn4)ccc32)c1. The predicted molar refractivity (Wildman–Crippen MR) is 254 cm³/mol. The van der Waals surface area contributed by atoms with Crippen molar-refractivity contribution in [2.75, 3.05) is 0 Å². The number of aromatic nitrogens is 10. The maximum atomic E-state index is 11.3. The standard InChI is InChI=1S/C54H30N12/c55-31-33-6-1-7-34(24-33)40-30-49(65-45-12-8-35(51-57-16-2-17-58-51)25-41(45)42-26-36(9-13-46(42)65)52-59-18-3-19-60-52)39(32-56)29-50(40)66-47-14-10-37(53-61-20-4-21-62-53)27-43(47)44-28-38(11-15-48(44)66)54-63-22-5-23-64-54/h1-30H. The molecule has 0 bridgehead atoms. The lowest BCUT2D eigenvalue weighted by Crippen LogP contribution is -2.04. The fourth-order valence-corrected chi connectivity index (χ4v) is 8.94. The minimum Gasteiger partial charge on any atom is -0.309 e. The van der Waals surface area contributed by atoms with Crippen LogP contribution in [0.4, 0.5) is 0 Å². The van der Waals surface area contributed by atoms with Crippen LogP contribution in [-0.4, -0.2) is 49.0 Å². The monoisotopic (exact) mass is 846 g/mol. The highest BCUT2D eigenvalue weighted by molar-refractivity contribution is 6.13. The molecule has 6 heterocycles. The molecule has 0 saturated heterocycles. The number of fused-ring (bicyclic) bond motifs is 6. The fraction of sp³-hybridized carbons (Fsp3) is 0. The molecular formula is C54H30N12. The molecule has 0 N–H and O–H groups in total. The van der Waals surface area contributed by atoms with Gasteiger partial charge in [0.15, 0.2) is 23.3 Å². The van der Waals surface area contributed by atoms with Gasteiger partial charge in [-0.25, -0.2) is 39.9 Å². The maximum Gasteiger partial charge on any atom is 0.159 e. The van der Waals surface area contributed by atoms with Gasteiger partial charge in [0.05, 0.1) is 50.6 Å². The number of benzene rings is 6. The van der Waals surface area contributed by atoms with Gasteiger partial charge in [-0.15, -0.1) is 0 Å². The molecule has 0 aliphatic heterocycles. The molecule has 12 aromatic rings. The molecule has 6 aromatic heterocycles. The number of nitrogens with zero attached hydrogens (tertiary/aromatic N) is 12. The van der Waals surface area contributed by atoms with Crippen LogP contribution < -0.4 is 0 Å². The molecule has 0 unspecified atom stereocenters. The Morgan fingerprint density at radius 1 is 0.333 bits per heavy atom. The lowest BCUT2D eigenvalue weighted by Gasteiger charge is -2.19. The van der Waals surface area contributed by atoms with Crippen molar-refractivity contribution >= 4 is 43.6 Å². The van der Waals surface area contributed by atoms with E-state index in [1.165, 1.54) is 0 Å². The number of rotatable bonds is 7. The first kappa shape index (κ1) is 37.9. The van der Waals surface area contributed by atoms with Crippen LogP contribution in [0.25, 0.3) is 112 Å². The molecule has 0 aliphatic rings. The second-order valence-corrected chi connectivity index (χ2v) is 15.6. The van der Waals surface area contributed by atoms with Crippen LogP contribution in [0, 0.1) is 22.7 Å². The van der Waals surface area contributed by atoms with Gasteiger partial charge in [0, 0.05) is 98.9 Å². The minimum atomic E-state index is 0.438. The first-order valence-corrected chi connectivity index (χ1v) is 21.0. The average Bonchev–Trinajstić information content (AvgIpc) is 3.90. The smallest absolute Gasteiger partial charge is 0.159 e. The highest BCUT2D eigenvalue weighted by Crippen LogP contribution is 2.43. The van der Waals surface area contributed by atoms with Crippen LogP contribution in [0.15, 0.2) is 183 Å². The van der Waals surface area contributed by atoms with Crippen LogP contribution in [-0.2, 0) is 0 Å². The van der Waals surface area contributed by atoms with Gasteiger partial charge < -0.3 is 9.13 Å². The van der Waals surface area contributed by atoms with Crippen molar-refractivity contribution in [2.45, 2.75) is 0 Å². The van der Waals surface area contributed by atoms with Crippen LogP contribution in [0.2, 0.25) is 0 Å². The summed E-state index contributed by atoms with van der Waals surface area (Å²) in [6.45, 7) is 0. The lowest BCUT2D eigenvalue weighted by molar-refractivity contribution is 1.13. The molecule has 0 fully saturated rings. The van der Waals surface area contributed by atoms with Gasteiger partial charge in [0.25, 0.3) is 0 Å². The molecule has 0 saturated carbocycles. The zero-order valence-corrected chi connectivity index (χ0v) is 34.7. The molecule has 306 valence electrons. The summed E-state index contributed by atoms with van der Waals surface area (Å²) in [6, 6.07) is 48.4. The Hall–Kier alpha value is -9.78. The van der Waals surface area contributed by atoms with Crippen molar-refractivity contribution in [3.8, 4) is 80.2 Å². The summed E-state index contributed by atoms with van der Waals surface area (Å²) in [4.78, 5) is 36.5. The van der Waals surface area contributed by atoms with Crippen LogP contribution in [0.5, 0.6) is 0 Å². The molecule has 0 spiro atoms. The normalized spacial score (nSPS) is 11.3.